The summed E-state index contributed by atoms with van der Waals surface area (Å²) in [4.78, 5) is 24.1. The molecule has 2 aliphatic rings. The van der Waals surface area contributed by atoms with E-state index >= 15 is 0 Å². The van der Waals surface area contributed by atoms with Crippen LogP contribution in [0, 0.1) is 5.92 Å². The molecule has 0 spiro atoms. The molecule has 1 aliphatic carbocycles. The molecule has 4 nitrogen and oxygen atoms in total. The first-order chi connectivity index (χ1) is 11.9. The van der Waals surface area contributed by atoms with Gasteiger partial charge in [0.2, 0.25) is 0 Å². The van der Waals surface area contributed by atoms with Crippen molar-refractivity contribution in [3.05, 3.63) is 40.7 Å². The lowest BCUT2D eigenvalue weighted by Gasteiger charge is -2.40. The van der Waals surface area contributed by atoms with Crippen molar-refractivity contribution in [1.29, 1.82) is 0 Å². The van der Waals surface area contributed by atoms with E-state index in [-0.39, 0.29) is 23.4 Å². The van der Waals surface area contributed by atoms with Gasteiger partial charge in [-0.25, -0.2) is 0 Å². The van der Waals surface area contributed by atoms with E-state index in [0.717, 1.165) is 43.1 Å². The SMILES string of the molecule is CCCCCC(=O)C1=CC2c3c(ccc(O)c3C=O)CC2C(C)(C)O1. The van der Waals surface area contributed by atoms with Crippen LogP contribution in [0.4, 0.5) is 0 Å². The van der Waals surface area contributed by atoms with Crippen LogP contribution >= 0.6 is 0 Å². The highest BCUT2D eigenvalue weighted by Gasteiger charge is 2.47. The Labute approximate surface area is 148 Å². The van der Waals surface area contributed by atoms with Gasteiger partial charge in [0.1, 0.15) is 11.4 Å². The predicted molar refractivity (Wildman–Crippen MR) is 95.8 cm³/mol. The number of carbonyl (C=O) groups excluding carboxylic acids is 2. The number of phenols is 1. The van der Waals surface area contributed by atoms with E-state index < -0.39 is 5.60 Å². The van der Waals surface area contributed by atoms with Gasteiger partial charge in [0.05, 0.1) is 5.56 Å². The minimum Gasteiger partial charge on any atom is -0.507 e. The number of aldehydes is 1. The molecule has 1 aliphatic heterocycles. The largest absolute Gasteiger partial charge is 0.507 e. The molecule has 2 unspecified atom stereocenters. The zero-order valence-corrected chi connectivity index (χ0v) is 15.2. The van der Waals surface area contributed by atoms with Crippen molar-refractivity contribution < 1.29 is 19.4 Å². The van der Waals surface area contributed by atoms with Crippen LogP contribution in [0.25, 0.3) is 0 Å². The minimum absolute atomic E-state index is 0.00270. The Hall–Kier alpha value is -2.10. The second-order valence-corrected chi connectivity index (χ2v) is 7.64. The average molecular weight is 342 g/mol. The lowest BCUT2D eigenvalue weighted by atomic mass is 9.77. The number of ketones is 1. The molecule has 3 rings (SSSR count). The van der Waals surface area contributed by atoms with Gasteiger partial charge in [0, 0.05) is 18.3 Å². The molecule has 1 aromatic carbocycles. The zero-order valence-electron chi connectivity index (χ0n) is 15.2. The molecule has 2 atom stereocenters. The highest BCUT2D eigenvalue weighted by atomic mass is 16.5. The summed E-state index contributed by atoms with van der Waals surface area (Å²) in [6.45, 7) is 6.12. The van der Waals surface area contributed by atoms with Crippen molar-refractivity contribution in [3.8, 4) is 5.75 Å². The van der Waals surface area contributed by atoms with Crippen molar-refractivity contribution in [1.82, 2.24) is 0 Å². The number of fused-ring (bicyclic) bond motifs is 3. The summed E-state index contributed by atoms with van der Waals surface area (Å²) >= 11 is 0. The maximum Gasteiger partial charge on any atom is 0.197 e. The smallest absolute Gasteiger partial charge is 0.197 e. The Bertz CT molecular complexity index is 730. The Balaban J connectivity index is 1.99. The Morgan fingerprint density at radius 3 is 2.80 bits per heavy atom. The van der Waals surface area contributed by atoms with Crippen molar-refractivity contribution in [2.45, 2.75) is 64.4 Å². The molecular weight excluding hydrogens is 316 g/mol. The van der Waals surface area contributed by atoms with Gasteiger partial charge in [-0.3, -0.25) is 9.59 Å². The summed E-state index contributed by atoms with van der Waals surface area (Å²) in [6.07, 6.45) is 6.82. The molecule has 1 aromatic rings. The molecule has 4 heteroatoms. The maximum atomic E-state index is 12.6. The number of allylic oxidation sites excluding steroid dienone is 2. The normalized spacial score (nSPS) is 23.2. The second-order valence-electron chi connectivity index (χ2n) is 7.64. The molecule has 0 amide bonds. The van der Waals surface area contributed by atoms with Gasteiger partial charge in [-0.05, 0) is 50.0 Å². The lowest BCUT2D eigenvalue weighted by Crippen LogP contribution is -2.40. The number of ether oxygens (including phenoxy) is 1. The summed E-state index contributed by atoms with van der Waals surface area (Å²) in [5.41, 5.74) is 1.76. The average Bonchev–Trinajstić information content (AvgIpc) is 2.94. The van der Waals surface area contributed by atoms with E-state index in [4.69, 9.17) is 4.74 Å². The highest BCUT2D eigenvalue weighted by molar-refractivity contribution is 5.94. The summed E-state index contributed by atoms with van der Waals surface area (Å²) in [7, 11) is 0. The molecule has 0 radical (unpaired) electrons. The van der Waals surface area contributed by atoms with Crippen LogP contribution in [0.15, 0.2) is 24.0 Å². The van der Waals surface area contributed by atoms with E-state index in [1.807, 2.05) is 26.0 Å². The fraction of sp³-hybridized carbons (Fsp3) is 0.524. The molecule has 0 aromatic heterocycles. The molecule has 25 heavy (non-hydrogen) atoms. The van der Waals surface area contributed by atoms with Gasteiger partial charge in [-0.15, -0.1) is 0 Å². The fourth-order valence-electron chi connectivity index (χ4n) is 4.17. The van der Waals surface area contributed by atoms with E-state index in [2.05, 4.69) is 6.92 Å². The predicted octanol–water partition coefficient (Wildman–Crippen LogP) is 4.30. The Kier molecular flexibility index (Phi) is 4.72. The van der Waals surface area contributed by atoms with E-state index in [1.54, 1.807) is 6.07 Å². The lowest BCUT2D eigenvalue weighted by molar-refractivity contribution is -0.125. The van der Waals surface area contributed by atoms with Crippen LogP contribution < -0.4 is 0 Å². The Morgan fingerprint density at radius 2 is 2.12 bits per heavy atom. The number of hydrogen-bond acceptors (Lipinski definition) is 4. The number of hydrogen-bond donors (Lipinski definition) is 1. The summed E-state index contributed by atoms with van der Waals surface area (Å²) in [5, 5.41) is 10.1. The molecule has 0 fully saturated rings. The maximum absolute atomic E-state index is 12.6. The summed E-state index contributed by atoms with van der Waals surface area (Å²) in [5.74, 6) is 0.519. The van der Waals surface area contributed by atoms with Crippen LogP contribution in [0.5, 0.6) is 5.75 Å². The highest BCUT2D eigenvalue weighted by Crippen LogP contribution is 2.51. The topological polar surface area (TPSA) is 63.6 Å². The van der Waals surface area contributed by atoms with Crippen molar-refractivity contribution in [3.63, 3.8) is 0 Å². The van der Waals surface area contributed by atoms with Gasteiger partial charge in [0.15, 0.2) is 17.8 Å². The number of aromatic hydroxyl groups is 1. The van der Waals surface area contributed by atoms with Crippen molar-refractivity contribution in [2.24, 2.45) is 5.92 Å². The van der Waals surface area contributed by atoms with Crippen LogP contribution in [0.3, 0.4) is 0 Å². The minimum atomic E-state index is -0.496. The Morgan fingerprint density at radius 1 is 1.36 bits per heavy atom. The van der Waals surface area contributed by atoms with Gasteiger partial charge in [0.25, 0.3) is 0 Å². The van der Waals surface area contributed by atoms with Crippen molar-refractivity contribution in [2.75, 3.05) is 0 Å². The number of carbonyl (C=O) groups is 2. The zero-order chi connectivity index (χ0) is 18.2. The molecule has 0 saturated heterocycles. The van der Waals surface area contributed by atoms with Gasteiger partial charge in [-0.2, -0.15) is 0 Å². The first-order valence-corrected chi connectivity index (χ1v) is 9.13. The molecule has 1 heterocycles. The monoisotopic (exact) mass is 342 g/mol. The van der Waals surface area contributed by atoms with Gasteiger partial charge >= 0.3 is 0 Å². The van der Waals surface area contributed by atoms with E-state index in [9.17, 15) is 14.7 Å². The summed E-state index contributed by atoms with van der Waals surface area (Å²) in [6, 6.07) is 3.46. The molecule has 1 N–H and O–H groups in total. The van der Waals surface area contributed by atoms with E-state index in [1.165, 1.54) is 0 Å². The third-order valence-electron chi connectivity index (χ3n) is 5.56. The number of phenolic OH excluding ortho intramolecular Hbond substituents is 1. The standard InChI is InChI=1S/C21H26O4/c1-4-5-6-7-18(24)19-11-14-16(21(2,3)25-19)10-13-8-9-17(23)15(12-22)20(13)14/h8-9,11-12,14,16,23H,4-7,10H2,1-3H3. The number of benzene rings is 1. The van der Waals surface area contributed by atoms with Gasteiger partial charge in [-0.1, -0.05) is 25.8 Å². The van der Waals surface area contributed by atoms with Crippen molar-refractivity contribution >= 4 is 12.1 Å². The van der Waals surface area contributed by atoms with Gasteiger partial charge < -0.3 is 9.84 Å². The first kappa shape index (κ1) is 17.7. The molecular formula is C21H26O4. The van der Waals surface area contributed by atoms with E-state index in [0.29, 0.717) is 17.7 Å². The van der Waals surface area contributed by atoms with Crippen LogP contribution in [-0.2, 0) is 16.0 Å². The molecule has 0 bridgehead atoms. The fourth-order valence-corrected chi connectivity index (χ4v) is 4.17. The number of rotatable bonds is 6. The number of Topliss-reactive ketones (excluding diaryl/α,β-unsaturated/α-hetero) is 1. The third kappa shape index (κ3) is 3.10. The van der Waals surface area contributed by atoms with Crippen LogP contribution in [0.1, 0.15) is 73.9 Å². The second kappa shape index (κ2) is 6.66. The molecule has 134 valence electrons. The third-order valence-corrected chi connectivity index (χ3v) is 5.56. The van der Waals surface area contributed by atoms with Crippen LogP contribution in [0.2, 0.25) is 0 Å². The molecule has 0 saturated carbocycles. The number of unbranched alkanes of at least 4 members (excludes halogenated alkanes) is 2. The first-order valence-electron chi connectivity index (χ1n) is 9.13. The summed E-state index contributed by atoms with van der Waals surface area (Å²) < 4.78 is 6.08. The van der Waals surface area contributed by atoms with Crippen LogP contribution in [-0.4, -0.2) is 22.8 Å². The quantitative estimate of drug-likeness (QED) is 0.618.